The molecule has 0 aliphatic carbocycles. The molecule has 0 saturated heterocycles. The molecule has 0 radical (unpaired) electrons. The van der Waals surface area contributed by atoms with Crippen molar-refractivity contribution in [3.05, 3.63) is 146 Å². The molecule has 0 fully saturated rings. The molecule has 0 amide bonds. The molecule has 0 aromatic carbocycles. The number of allylic oxidation sites excluding steroid dienone is 24. The van der Waals surface area contributed by atoms with E-state index in [1.54, 1.807) is 0 Å². The van der Waals surface area contributed by atoms with E-state index in [2.05, 4.69) is 160 Å². The quantitative estimate of drug-likeness (QED) is 0.0211. The van der Waals surface area contributed by atoms with Crippen molar-refractivity contribution in [2.75, 3.05) is 47.5 Å². The smallest absolute Gasteiger partial charge is 0.462 e. The van der Waals surface area contributed by atoms with E-state index in [1.807, 2.05) is 21.1 Å². The molecule has 0 heterocycles. The van der Waals surface area contributed by atoms with Crippen LogP contribution >= 0.6 is 7.82 Å². The van der Waals surface area contributed by atoms with Gasteiger partial charge in [-0.2, -0.15) is 0 Å². The number of unbranched alkanes of at least 4 members (excludes halogenated alkanes) is 11. The van der Waals surface area contributed by atoms with Crippen molar-refractivity contribution >= 4 is 19.8 Å². The van der Waals surface area contributed by atoms with Crippen LogP contribution < -0.4 is 0 Å². The minimum absolute atomic E-state index is 0.0120. The number of carbonyl (C=O) groups is 2. The molecule has 0 spiro atoms. The summed E-state index contributed by atoms with van der Waals surface area (Å²) < 4.78 is 34.4. The average molecular weight is 1030 g/mol. The maximum Gasteiger partial charge on any atom is 0.472 e. The van der Waals surface area contributed by atoms with Gasteiger partial charge in [-0.3, -0.25) is 18.6 Å². The van der Waals surface area contributed by atoms with Crippen LogP contribution in [0.3, 0.4) is 0 Å². The number of nitrogens with zero attached hydrogens (tertiary/aromatic N) is 1. The summed E-state index contributed by atoms with van der Waals surface area (Å²) in [5, 5.41) is 0. The van der Waals surface area contributed by atoms with E-state index in [0.29, 0.717) is 23.9 Å². The Morgan fingerprint density at radius 3 is 1.19 bits per heavy atom. The number of quaternary nitrogens is 1. The molecule has 0 aromatic heterocycles. The van der Waals surface area contributed by atoms with Crippen molar-refractivity contribution in [1.29, 1.82) is 0 Å². The predicted octanol–water partition coefficient (Wildman–Crippen LogP) is 17.5. The maximum absolute atomic E-state index is 12.8. The number of esters is 2. The zero-order chi connectivity index (χ0) is 53.5. The second kappa shape index (κ2) is 52.7. The largest absolute Gasteiger partial charge is 0.472 e. The summed E-state index contributed by atoms with van der Waals surface area (Å²) in [6.45, 7) is 4.20. The lowest BCUT2D eigenvalue weighted by atomic mass is 10.1. The Labute approximate surface area is 446 Å². The molecule has 9 nitrogen and oxygen atoms in total. The summed E-state index contributed by atoms with van der Waals surface area (Å²) in [6.07, 6.45) is 77.7. The standard InChI is InChI=1S/C63H102NO8P/c1-6-8-10-12-14-16-18-20-22-24-25-26-27-28-29-30-31-32-33-34-35-36-37-38-39-40-42-44-46-48-50-52-54-56-63(66)72-61(60-71-73(67,68)70-58-57-64(3,4)5)59-69-62(65)55-53-51-49-47-45-43-41-23-21-19-17-15-13-11-9-7-2/h8,10,14,16-17,19-20,22-23,25-26,28-29,31-32,34-35,37-38,40-42,46,48,61H,6-7,9,11-13,15,18,21,24,27,30,33,36,39,43-45,47,49-60H2,1-5H3/p+1/b10-8-,16-14-,19-17-,22-20-,26-25-,29-28-,32-31-,35-34-,38-37-,41-23-,42-40-,48-46-. The van der Waals surface area contributed by atoms with Gasteiger partial charge in [0.15, 0.2) is 6.10 Å². The fraction of sp³-hybridized carbons (Fsp3) is 0.587. The first-order valence-corrected chi connectivity index (χ1v) is 29.6. The van der Waals surface area contributed by atoms with E-state index in [4.69, 9.17) is 18.5 Å². The van der Waals surface area contributed by atoms with Crippen LogP contribution in [-0.4, -0.2) is 74.9 Å². The highest BCUT2D eigenvalue weighted by Gasteiger charge is 2.27. The molecule has 10 heteroatoms. The summed E-state index contributed by atoms with van der Waals surface area (Å²) >= 11 is 0. The normalized spacial score (nSPS) is 14.4. The van der Waals surface area contributed by atoms with E-state index < -0.39 is 32.5 Å². The summed E-state index contributed by atoms with van der Waals surface area (Å²) in [5.41, 5.74) is 0. The fourth-order valence-electron chi connectivity index (χ4n) is 6.78. The molecule has 0 saturated carbocycles. The monoisotopic (exact) mass is 1030 g/mol. The second-order valence-electron chi connectivity index (χ2n) is 19.2. The van der Waals surface area contributed by atoms with Gasteiger partial charge in [0.05, 0.1) is 27.7 Å². The second-order valence-corrected chi connectivity index (χ2v) is 20.7. The Balaban J connectivity index is 4.33. The van der Waals surface area contributed by atoms with Gasteiger partial charge >= 0.3 is 19.8 Å². The van der Waals surface area contributed by atoms with Gasteiger partial charge in [0.2, 0.25) is 0 Å². The minimum Gasteiger partial charge on any atom is -0.462 e. The molecule has 0 aromatic rings. The summed E-state index contributed by atoms with van der Waals surface area (Å²) in [5.74, 6) is -0.879. The van der Waals surface area contributed by atoms with Crippen molar-refractivity contribution in [2.45, 2.75) is 193 Å². The number of carbonyl (C=O) groups excluding carboxylic acids is 2. The Bertz CT molecular complexity index is 1740. The van der Waals surface area contributed by atoms with Gasteiger partial charge in [-0.1, -0.05) is 198 Å². The number of hydrogen-bond donors (Lipinski definition) is 1. The van der Waals surface area contributed by atoms with Crippen LogP contribution in [0.2, 0.25) is 0 Å². The highest BCUT2D eigenvalue weighted by molar-refractivity contribution is 7.47. The van der Waals surface area contributed by atoms with E-state index in [1.165, 1.54) is 32.1 Å². The molecule has 2 atom stereocenters. The van der Waals surface area contributed by atoms with E-state index in [9.17, 15) is 19.0 Å². The highest BCUT2D eigenvalue weighted by Crippen LogP contribution is 2.43. The highest BCUT2D eigenvalue weighted by atomic mass is 31.2. The lowest BCUT2D eigenvalue weighted by Gasteiger charge is -2.24. The Morgan fingerprint density at radius 1 is 0.438 bits per heavy atom. The molecule has 1 N–H and O–H groups in total. The number of likely N-dealkylation sites (N-methyl/N-ethyl adjacent to an activating group) is 1. The summed E-state index contributed by atoms with van der Waals surface area (Å²) in [7, 11) is 1.41. The third kappa shape index (κ3) is 57.0. The third-order valence-corrected chi connectivity index (χ3v) is 12.1. The van der Waals surface area contributed by atoms with Gasteiger partial charge in [0.1, 0.15) is 19.8 Å². The third-order valence-electron chi connectivity index (χ3n) is 11.1. The molecule has 73 heavy (non-hydrogen) atoms. The van der Waals surface area contributed by atoms with Gasteiger partial charge < -0.3 is 18.9 Å². The van der Waals surface area contributed by atoms with Gasteiger partial charge in [0.25, 0.3) is 0 Å². The molecule has 0 aliphatic heterocycles. The number of ether oxygens (including phenoxy) is 2. The van der Waals surface area contributed by atoms with E-state index in [-0.39, 0.29) is 26.1 Å². The number of rotatable bonds is 49. The maximum atomic E-state index is 12.8. The van der Waals surface area contributed by atoms with Crippen LogP contribution in [0.25, 0.3) is 0 Å². The molecule has 0 bridgehead atoms. The minimum atomic E-state index is -4.41. The molecular formula is C63H103NO8P+. The molecule has 2 unspecified atom stereocenters. The van der Waals surface area contributed by atoms with Gasteiger partial charge in [-0.15, -0.1) is 0 Å². The number of phosphoric ester groups is 1. The van der Waals surface area contributed by atoms with Crippen LogP contribution in [0.1, 0.15) is 187 Å². The van der Waals surface area contributed by atoms with Crippen LogP contribution in [0.15, 0.2) is 146 Å². The molecule has 0 rings (SSSR count). The first-order valence-electron chi connectivity index (χ1n) is 28.1. The topological polar surface area (TPSA) is 108 Å². The Kier molecular flexibility index (Phi) is 49.8. The lowest BCUT2D eigenvalue weighted by molar-refractivity contribution is -0.870. The van der Waals surface area contributed by atoms with E-state index in [0.717, 1.165) is 116 Å². The predicted molar refractivity (Wildman–Crippen MR) is 311 cm³/mol. The lowest BCUT2D eigenvalue weighted by Crippen LogP contribution is -2.37. The Hall–Kier alpha value is -4.11. The van der Waals surface area contributed by atoms with Gasteiger partial charge in [0, 0.05) is 12.8 Å². The van der Waals surface area contributed by atoms with E-state index >= 15 is 0 Å². The zero-order valence-corrected chi connectivity index (χ0v) is 47.4. The van der Waals surface area contributed by atoms with Crippen molar-refractivity contribution in [3.63, 3.8) is 0 Å². The fourth-order valence-corrected chi connectivity index (χ4v) is 7.52. The van der Waals surface area contributed by atoms with Crippen molar-refractivity contribution in [1.82, 2.24) is 0 Å². The van der Waals surface area contributed by atoms with Crippen LogP contribution in [0, 0.1) is 0 Å². The average Bonchev–Trinajstić information content (AvgIpc) is 3.35. The first kappa shape index (κ1) is 68.9. The van der Waals surface area contributed by atoms with Crippen LogP contribution in [-0.2, 0) is 32.7 Å². The molecule has 412 valence electrons. The zero-order valence-electron chi connectivity index (χ0n) is 46.6. The summed E-state index contributed by atoms with van der Waals surface area (Å²) in [6, 6.07) is 0. The molecule has 0 aliphatic rings. The van der Waals surface area contributed by atoms with Crippen molar-refractivity contribution in [2.24, 2.45) is 0 Å². The first-order chi connectivity index (χ1) is 35.5. The van der Waals surface area contributed by atoms with Crippen molar-refractivity contribution < 1.29 is 42.1 Å². The Morgan fingerprint density at radius 2 is 0.781 bits per heavy atom. The van der Waals surface area contributed by atoms with Crippen LogP contribution in [0.5, 0.6) is 0 Å². The van der Waals surface area contributed by atoms with Crippen molar-refractivity contribution in [3.8, 4) is 0 Å². The van der Waals surface area contributed by atoms with Crippen LogP contribution in [0.4, 0.5) is 0 Å². The van der Waals surface area contributed by atoms with Gasteiger partial charge in [-0.05, 0) is 122 Å². The van der Waals surface area contributed by atoms with Gasteiger partial charge in [-0.25, -0.2) is 4.57 Å². The number of hydrogen-bond acceptors (Lipinski definition) is 7. The molecular weight excluding hydrogens is 930 g/mol. The SMILES string of the molecule is CC/C=C\C/C=C\C/C=C\C/C=C\C/C=C\C/C=C\C/C=C\C/C=C\C/C=C\C/C=C\CCCCC(=O)OC(COC(=O)CCCCCCC/C=C\C/C=C\CCCCCC)COP(=O)(O)OCC[N+](C)(C)C. The summed E-state index contributed by atoms with van der Waals surface area (Å²) in [4.78, 5) is 35.6. The number of phosphoric acid groups is 1.